The number of aryl methyl sites for hydroxylation is 1. The summed E-state index contributed by atoms with van der Waals surface area (Å²) in [6.07, 6.45) is 0. The summed E-state index contributed by atoms with van der Waals surface area (Å²) in [7, 11) is 3.00. The molecule has 0 spiro atoms. The van der Waals surface area contributed by atoms with Crippen LogP contribution >= 0.6 is 0 Å². The van der Waals surface area contributed by atoms with Crippen molar-refractivity contribution in [3.8, 4) is 0 Å². The minimum absolute atomic E-state index is 0.0836. The van der Waals surface area contributed by atoms with E-state index in [1.807, 2.05) is 4.90 Å². The third-order valence-electron chi connectivity index (χ3n) is 4.54. The van der Waals surface area contributed by atoms with Crippen LogP contribution in [0.2, 0.25) is 0 Å². The van der Waals surface area contributed by atoms with Crippen LogP contribution in [0.5, 0.6) is 0 Å². The van der Waals surface area contributed by atoms with E-state index in [-0.39, 0.29) is 16.9 Å². The van der Waals surface area contributed by atoms with Gasteiger partial charge in [0.15, 0.2) is 16.9 Å². The summed E-state index contributed by atoms with van der Waals surface area (Å²) in [5.74, 6) is 0.439. The Balaban J connectivity index is 2.39. The molecule has 9 nitrogen and oxygen atoms in total. The average molecular weight is 335 g/mol. The van der Waals surface area contributed by atoms with Gasteiger partial charge < -0.3 is 9.64 Å². The first-order chi connectivity index (χ1) is 11.3. The van der Waals surface area contributed by atoms with E-state index in [1.165, 1.54) is 18.5 Å². The van der Waals surface area contributed by atoms with Gasteiger partial charge in [0.05, 0.1) is 19.3 Å². The molecular formula is C15H21N5O4. The highest BCUT2D eigenvalue weighted by atomic mass is 16.5. The summed E-state index contributed by atoms with van der Waals surface area (Å²) in [6.45, 7) is 5.54. The summed E-state index contributed by atoms with van der Waals surface area (Å²) in [5, 5.41) is 0. The molecule has 1 aliphatic rings. The van der Waals surface area contributed by atoms with Gasteiger partial charge in [-0.05, 0) is 13.8 Å². The highest BCUT2D eigenvalue weighted by molar-refractivity contribution is 5.84. The number of fused-ring (bicyclic) bond motifs is 1. The fourth-order valence-electron chi connectivity index (χ4n) is 2.94. The molecule has 1 atom stereocenters. The summed E-state index contributed by atoms with van der Waals surface area (Å²) >= 11 is 0. The number of carbonyl (C=O) groups is 1. The van der Waals surface area contributed by atoms with E-state index in [9.17, 15) is 14.4 Å². The highest BCUT2D eigenvalue weighted by Gasteiger charge is 2.27. The molecule has 0 amide bonds. The first-order valence-corrected chi connectivity index (χ1v) is 7.85. The van der Waals surface area contributed by atoms with Gasteiger partial charge in [0.1, 0.15) is 0 Å². The average Bonchev–Trinajstić information content (AvgIpc) is 2.98. The molecule has 1 aliphatic heterocycles. The summed E-state index contributed by atoms with van der Waals surface area (Å²) in [6, 6.07) is -0.557. The number of morpholine rings is 1. The van der Waals surface area contributed by atoms with Crippen LogP contribution in [0.1, 0.15) is 19.9 Å². The van der Waals surface area contributed by atoms with Crippen LogP contribution in [-0.2, 0) is 23.6 Å². The van der Waals surface area contributed by atoms with Crippen LogP contribution in [0.4, 0.5) is 5.95 Å². The van der Waals surface area contributed by atoms with Crippen LogP contribution in [0.15, 0.2) is 9.59 Å². The van der Waals surface area contributed by atoms with Gasteiger partial charge in [0, 0.05) is 27.2 Å². The normalized spacial score (nSPS) is 16.6. The topological polar surface area (TPSA) is 91.4 Å². The van der Waals surface area contributed by atoms with Crippen LogP contribution < -0.4 is 16.1 Å². The monoisotopic (exact) mass is 335 g/mol. The number of ether oxygens (including phenoxy) is 1. The van der Waals surface area contributed by atoms with Crippen LogP contribution in [0, 0.1) is 0 Å². The quantitative estimate of drug-likeness (QED) is 0.745. The molecule has 0 saturated carbocycles. The number of aromatic nitrogens is 4. The number of hydrogen-bond acceptors (Lipinski definition) is 6. The minimum Gasteiger partial charge on any atom is -0.378 e. The molecule has 3 rings (SSSR count). The van der Waals surface area contributed by atoms with Crippen molar-refractivity contribution < 1.29 is 9.53 Å². The SMILES string of the molecule is CC(=O)C(C)n1c(N2CCOCC2)nc2c1c(=O)n(C)c(=O)n2C. The van der Waals surface area contributed by atoms with Crippen LogP contribution in [0.25, 0.3) is 11.2 Å². The van der Waals surface area contributed by atoms with E-state index < -0.39 is 17.3 Å². The standard InChI is InChI=1S/C15H21N5O4/c1-9(10(2)21)20-11-12(17(3)15(23)18(4)13(11)22)16-14(20)19-5-7-24-8-6-19/h9H,5-8H2,1-4H3. The maximum Gasteiger partial charge on any atom is 0.332 e. The molecule has 24 heavy (non-hydrogen) atoms. The van der Waals surface area contributed by atoms with E-state index in [0.717, 1.165) is 4.57 Å². The van der Waals surface area contributed by atoms with Gasteiger partial charge in [-0.3, -0.25) is 23.3 Å². The summed E-state index contributed by atoms with van der Waals surface area (Å²) in [5.41, 5.74) is -0.337. The van der Waals surface area contributed by atoms with Crippen molar-refractivity contribution in [2.24, 2.45) is 14.1 Å². The fourth-order valence-corrected chi connectivity index (χ4v) is 2.94. The van der Waals surface area contributed by atoms with E-state index in [2.05, 4.69) is 4.98 Å². The maximum absolute atomic E-state index is 12.7. The second kappa shape index (κ2) is 5.90. The Morgan fingerprint density at radius 1 is 1.17 bits per heavy atom. The third kappa shape index (κ3) is 2.35. The van der Waals surface area contributed by atoms with Gasteiger partial charge in [-0.1, -0.05) is 0 Å². The Kier molecular flexibility index (Phi) is 4.04. The molecular weight excluding hydrogens is 314 g/mol. The summed E-state index contributed by atoms with van der Waals surface area (Å²) in [4.78, 5) is 43.4. The molecule has 3 heterocycles. The fraction of sp³-hybridized carbons (Fsp3) is 0.600. The van der Waals surface area contributed by atoms with Gasteiger partial charge in [-0.15, -0.1) is 0 Å². The number of anilines is 1. The van der Waals surface area contributed by atoms with Gasteiger partial charge in [-0.2, -0.15) is 4.98 Å². The van der Waals surface area contributed by atoms with Gasteiger partial charge >= 0.3 is 5.69 Å². The molecule has 1 fully saturated rings. The molecule has 9 heteroatoms. The molecule has 1 saturated heterocycles. The molecule has 0 aromatic carbocycles. The molecule has 1 unspecified atom stereocenters. The summed E-state index contributed by atoms with van der Waals surface area (Å²) < 4.78 is 9.38. The molecule has 0 N–H and O–H groups in total. The molecule has 130 valence electrons. The van der Waals surface area contributed by atoms with Crippen molar-refractivity contribution in [3.05, 3.63) is 20.8 Å². The molecule has 2 aromatic heterocycles. The van der Waals surface area contributed by atoms with E-state index in [4.69, 9.17) is 4.74 Å². The lowest BCUT2D eigenvalue weighted by molar-refractivity contribution is -0.119. The highest BCUT2D eigenvalue weighted by Crippen LogP contribution is 2.25. The second-order valence-corrected chi connectivity index (χ2v) is 6.05. The van der Waals surface area contributed by atoms with Crippen molar-refractivity contribution in [1.82, 2.24) is 18.7 Å². The van der Waals surface area contributed by atoms with Crippen LogP contribution in [0.3, 0.4) is 0 Å². The second-order valence-electron chi connectivity index (χ2n) is 6.05. The number of rotatable bonds is 3. The van der Waals surface area contributed by atoms with Crippen molar-refractivity contribution in [3.63, 3.8) is 0 Å². The van der Waals surface area contributed by atoms with Crippen molar-refractivity contribution >= 4 is 22.9 Å². The van der Waals surface area contributed by atoms with Gasteiger partial charge in [-0.25, -0.2) is 4.79 Å². The largest absolute Gasteiger partial charge is 0.378 e. The van der Waals surface area contributed by atoms with Gasteiger partial charge in [0.2, 0.25) is 5.95 Å². The number of nitrogens with zero attached hydrogens (tertiary/aromatic N) is 5. The molecule has 0 aliphatic carbocycles. The van der Waals surface area contributed by atoms with E-state index >= 15 is 0 Å². The molecule has 0 radical (unpaired) electrons. The third-order valence-corrected chi connectivity index (χ3v) is 4.54. The van der Waals surface area contributed by atoms with E-state index in [0.29, 0.717) is 32.3 Å². The number of ketones is 1. The van der Waals surface area contributed by atoms with Crippen LogP contribution in [-0.4, -0.2) is 50.8 Å². The zero-order valence-electron chi connectivity index (χ0n) is 14.3. The Hall–Kier alpha value is -2.42. The predicted molar refractivity (Wildman–Crippen MR) is 88.6 cm³/mol. The smallest absolute Gasteiger partial charge is 0.332 e. The number of Topliss-reactive ketones (excluding diaryl/α,β-unsaturated/α-hetero) is 1. The van der Waals surface area contributed by atoms with Crippen molar-refractivity contribution in [2.75, 3.05) is 31.2 Å². The number of imidazole rings is 1. The minimum atomic E-state index is -0.557. The first kappa shape index (κ1) is 16.4. The van der Waals surface area contributed by atoms with Crippen molar-refractivity contribution in [2.45, 2.75) is 19.9 Å². The van der Waals surface area contributed by atoms with Crippen molar-refractivity contribution in [1.29, 1.82) is 0 Å². The Bertz CT molecular complexity index is 917. The lowest BCUT2D eigenvalue weighted by Gasteiger charge is -2.29. The number of carbonyl (C=O) groups excluding carboxylic acids is 1. The zero-order chi connectivity index (χ0) is 17.6. The Labute approximate surface area is 138 Å². The zero-order valence-corrected chi connectivity index (χ0v) is 14.3. The molecule has 2 aromatic rings. The van der Waals surface area contributed by atoms with Gasteiger partial charge in [0.25, 0.3) is 5.56 Å². The Morgan fingerprint density at radius 2 is 1.79 bits per heavy atom. The number of hydrogen-bond donors (Lipinski definition) is 0. The maximum atomic E-state index is 12.7. The predicted octanol–water partition coefficient (Wildman–Crippen LogP) is -0.580. The van der Waals surface area contributed by atoms with E-state index in [1.54, 1.807) is 18.5 Å². The Morgan fingerprint density at radius 3 is 2.38 bits per heavy atom. The first-order valence-electron chi connectivity index (χ1n) is 7.85. The lowest BCUT2D eigenvalue weighted by atomic mass is 10.2. The molecule has 0 bridgehead atoms. The lowest BCUT2D eigenvalue weighted by Crippen LogP contribution is -2.39.